The number of benzene rings is 1. The SMILES string of the molecule is CC1CCc2nc3cc([N+](=O)[O-])ccc3c(=O)n21. The topological polar surface area (TPSA) is 78.0 Å². The zero-order valence-corrected chi connectivity index (χ0v) is 9.79. The molecule has 0 amide bonds. The zero-order valence-electron chi connectivity index (χ0n) is 9.79. The molecule has 0 saturated carbocycles. The Kier molecular flexibility index (Phi) is 2.19. The highest BCUT2D eigenvalue weighted by molar-refractivity contribution is 5.80. The van der Waals surface area contributed by atoms with Crippen LogP contribution in [0, 0.1) is 10.1 Å². The van der Waals surface area contributed by atoms with E-state index in [0.717, 1.165) is 18.7 Å². The molecule has 1 aromatic carbocycles. The molecule has 0 bridgehead atoms. The molecule has 0 aliphatic carbocycles. The van der Waals surface area contributed by atoms with Crippen LogP contribution in [0.25, 0.3) is 10.9 Å². The molecule has 2 heterocycles. The Morgan fingerprint density at radius 2 is 2.28 bits per heavy atom. The first-order valence-electron chi connectivity index (χ1n) is 5.77. The number of nitrogens with zero attached hydrogens (tertiary/aromatic N) is 3. The third-order valence-electron chi connectivity index (χ3n) is 3.40. The third kappa shape index (κ3) is 1.42. The summed E-state index contributed by atoms with van der Waals surface area (Å²) in [6, 6.07) is 4.35. The number of hydrogen-bond donors (Lipinski definition) is 0. The van der Waals surface area contributed by atoms with Crippen molar-refractivity contribution in [1.82, 2.24) is 9.55 Å². The Morgan fingerprint density at radius 1 is 1.50 bits per heavy atom. The van der Waals surface area contributed by atoms with Gasteiger partial charge in [0.15, 0.2) is 0 Å². The highest BCUT2D eigenvalue weighted by Gasteiger charge is 2.22. The predicted octanol–water partition coefficient (Wildman–Crippen LogP) is 1.81. The number of aryl methyl sites for hydroxylation is 1. The quantitative estimate of drug-likeness (QED) is 0.567. The van der Waals surface area contributed by atoms with Crippen LogP contribution < -0.4 is 5.56 Å². The Morgan fingerprint density at radius 3 is 3.00 bits per heavy atom. The lowest BCUT2D eigenvalue weighted by atomic mass is 10.2. The van der Waals surface area contributed by atoms with Crippen molar-refractivity contribution >= 4 is 16.6 Å². The van der Waals surface area contributed by atoms with E-state index in [4.69, 9.17) is 0 Å². The van der Waals surface area contributed by atoms with Crippen molar-refractivity contribution in [3.63, 3.8) is 0 Å². The monoisotopic (exact) mass is 245 g/mol. The van der Waals surface area contributed by atoms with Crippen LogP contribution in [-0.4, -0.2) is 14.5 Å². The average molecular weight is 245 g/mol. The van der Waals surface area contributed by atoms with E-state index in [0.29, 0.717) is 10.9 Å². The van der Waals surface area contributed by atoms with Crippen LogP contribution in [-0.2, 0) is 6.42 Å². The van der Waals surface area contributed by atoms with Gasteiger partial charge in [-0.05, 0) is 19.4 Å². The van der Waals surface area contributed by atoms with Crippen LogP contribution in [0.3, 0.4) is 0 Å². The fourth-order valence-electron chi connectivity index (χ4n) is 2.44. The Bertz CT molecular complexity index is 720. The molecule has 1 unspecified atom stereocenters. The van der Waals surface area contributed by atoms with E-state index in [9.17, 15) is 14.9 Å². The maximum absolute atomic E-state index is 12.3. The van der Waals surface area contributed by atoms with Gasteiger partial charge < -0.3 is 0 Å². The minimum Gasteiger partial charge on any atom is -0.293 e. The minimum absolute atomic E-state index is 0.0367. The summed E-state index contributed by atoms with van der Waals surface area (Å²) in [5.41, 5.74) is 0.273. The number of non-ortho nitro benzene ring substituents is 1. The smallest absolute Gasteiger partial charge is 0.271 e. The fourth-order valence-corrected chi connectivity index (χ4v) is 2.44. The van der Waals surface area contributed by atoms with Crippen LogP contribution in [0.15, 0.2) is 23.0 Å². The van der Waals surface area contributed by atoms with Crippen LogP contribution in [0.2, 0.25) is 0 Å². The first kappa shape index (κ1) is 10.9. The van der Waals surface area contributed by atoms with Gasteiger partial charge in [0.05, 0.1) is 15.8 Å². The molecule has 0 saturated heterocycles. The summed E-state index contributed by atoms with van der Waals surface area (Å²) >= 11 is 0. The molecule has 2 aromatic rings. The van der Waals surface area contributed by atoms with Crippen molar-refractivity contribution in [2.24, 2.45) is 0 Å². The fraction of sp³-hybridized carbons (Fsp3) is 0.333. The van der Waals surface area contributed by atoms with E-state index < -0.39 is 4.92 Å². The van der Waals surface area contributed by atoms with Crippen molar-refractivity contribution in [1.29, 1.82) is 0 Å². The summed E-state index contributed by atoms with van der Waals surface area (Å²) in [7, 11) is 0. The number of fused-ring (bicyclic) bond motifs is 2. The molecule has 1 aliphatic rings. The van der Waals surface area contributed by atoms with Crippen LogP contribution in [0.5, 0.6) is 0 Å². The summed E-state index contributed by atoms with van der Waals surface area (Å²) in [6.45, 7) is 1.98. The van der Waals surface area contributed by atoms with Gasteiger partial charge in [-0.15, -0.1) is 0 Å². The molecule has 6 heteroatoms. The van der Waals surface area contributed by atoms with Gasteiger partial charge in [0.25, 0.3) is 11.2 Å². The van der Waals surface area contributed by atoms with Crippen molar-refractivity contribution in [2.75, 3.05) is 0 Å². The molecule has 0 radical (unpaired) electrons. The van der Waals surface area contributed by atoms with E-state index in [1.165, 1.54) is 18.2 Å². The molecule has 1 aliphatic heterocycles. The van der Waals surface area contributed by atoms with Gasteiger partial charge in [0, 0.05) is 24.6 Å². The number of nitro benzene ring substituents is 1. The second kappa shape index (κ2) is 3.63. The Balaban J connectivity index is 2.35. The lowest BCUT2D eigenvalue weighted by Crippen LogP contribution is -2.23. The van der Waals surface area contributed by atoms with Gasteiger partial charge in [-0.3, -0.25) is 19.5 Å². The minimum atomic E-state index is -0.478. The molecule has 0 N–H and O–H groups in total. The average Bonchev–Trinajstić information content (AvgIpc) is 2.70. The predicted molar refractivity (Wildman–Crippen MR) is 65.7 cm³/mol. The van der Waals surface area contributed by atoms with E-state index in [1.54, 1.807) is 4.57 Å². The Labute approximate surface area is 102 Å². The molecule has 6 nitrogen and oxygen atoms in total. The van der Waals surface area contributed by atoms with Crippen molar-refractivity contribution < 1.29 is 4.92 Å². The third-order valence-corrected chi connectivity index (χ3v) is 3.40. The molecule has 3 rings (SSSR count). The molecule has 0 fully saturated rings. The number of nitro groups is 1. The van der Waals surface area contributed by atoms with Crippen molar-refractivity contribution in [3.05, 3.63) is 44.5 Å². The van der Waals surface area contributed by atoms with E-state index in [2.05, 4.69) is 4.98 Å². The largest absolute Gasteiger partial charge is 0.293 e. The van der Waals surface area contributed by atoms with Crippen LogP contribution in [0.1, 0.15) is 25.2 Å². The second-order valence-electron chi connectivity index (χ2n) is 4.55. The van der Waals surface area contributed by atoms with Gasteiger partial charge in [0.2, 0.25) is 0 Å². The molecular formula is C12H11N3O3. The molecule has 18 heavy (non-hydrogen) atoms. The number of rotatable bonds is 1. The molecule has 1 atom stereocenters. The lowest BCUT2D eigenvalue weighted by molar-refractivity contribution is -0.384. The summed E-state index contributed by atoms with van der Waals surface area (Å²) in [5, 5.41) is 11.2. The zero-order chi connectivity index (χ0) is 12.9. The number of aromatic nitrogens is 2. The van der Waals surface area contributed by atoms with Gasteiger partial charge in [-0.2, -0.15) is 0 Å². The Hall–Kier alpha value is -2.24. The summed E-state index contributed by atoms with van der Waals surface area (Å²) < 4.78 is 1.69. The van der Waals surface area contributed by atoms with Gasteiger partial charge in [-0.1, -0.05) is 0 Å². The van der Waals surface area contributed by atoms with Gasteiger partial charge in [-0.25, -0.2) is 4.98 Å². The van der Waals surface area contributed by atoms with Gasteiger partial charge in [0.1, 0.15) is 5.82 Å². The highest BCUT2D eigenvalue weighted by atomic mass is 16.6. The first-order valence-corrected chi connectivity index (χ1v) is 5.77. The summed E-state index contributed by atoms with van der Waals surface area (Å²) in [5.74, 6) is 0.723. The second-order valence-corrected chi connectivity index (χ2v) is 4.55. The molecule has 0 spiro atoms. The standard InChI is InChI=1S/C12H11N3O3/c1-7-2-5-11-13-10-6-8(15(17)18)3-4-9(10)12(16)14(7)11/h3-4,6-7H,2,5H2,1H3. The molecular weight excluding hydrogens is 234 g/mol. The number of hydrogen-bond acceptors (Lipinski definition) is 4. The summed E-state index contributed by atoms with van der Waals surface area (Å²) in [6.07, 6.45) is 1.63. The normalized spacial score (nSPS) is 17.9. The van der Waals surface area contributed by atoms with Crippen LogP contribution in [0.4, 0.5) is 5.69 Å². The van der Waals surface area contributed by atoms with E-state index in [1.807, 2.05) is 6.92 Å². The van der Waals surface area contributed by atoms with Crippen molar-refractivity contribution in [2.45, 2.75) is 25.8 Å². The van der Waals surface area contributed by atoms with E-state index in [-0.39, 0.29) is 17.3 Å². The first-order chi connectivity index (χ1) is 8.58. The van der Waals surface area contributed by atoms with Gasteiger partial charge >= 0.3 is 0 Å². The maximum Gasteiger partial charge on any atom is 0.271 e. The molecule has 92 valence electrons. The lowest BCUT2D eigenvalue weighted by Gasteiger charge is -2.09. The highest BCUT2D eigenvalue weighted by Crippen LogP contribution is 2.24. The van der Waals surface area contributed by atoms with E-state index >= 15 is 0 Å². The summed E-state index contributed by atoms with van der Waals surface area (Å²) in [4.78, 5) is 26.9. The van der Waals surface area contributed by atoms with Crippen molar-refractivity contribution in [3.8, 4) is 0 Å². The maximum atomic E-state index is 12.3. The molecule has 1 aromatic heterocycles. The van der Waals surface area contributed by atoms with Crippen LogP contribution >= 0.6 is 0 Å².